The quantitative estimate of drug-likeness (QED) is 0.710. The standard InChI is InChI=1S/C10H12ClN3OS/c1-5(9(12)15)14-8-4-6(11)2-3-7(8)10(13)16/h2-5,14H,1H3,(H2,12,15)(H2,13,16). The molecule has 1 aromatic rings. The van der Waals surface area contributed by atoms with Crippen molar-refractivity contribution in [2.24, 2.45) is 11.5 Å². The first-order valence-corrected chi connectivity index (χ1v) is 5.35. The maximum atomic E-state index is 10.9. The molecule has 0 saturated heterocycles. The van der Waals surface area contributed by atoms with E-state index in [2.05, 4.69) is 5.32 Å². The molecule has 0 fully saturated rings. The Morgan fingerprint density at radius 3 is 2.62 bits per heavy atom. The minimum Gasteiger partial charge on any atom is -0.389 e. The molecule has 1 amide bonds. The highest BCUT2D eigenvalue weighted by Crippen LogP contribution is 2.21. The third kappa shape index (κ3) is 3.08. The van der Waals surface area contributed by atoms with Gasteiger partial charge in [0, 0.05) is 16.3 Å². The number of rotatable bonds is 4. The van der Waals surface area contributed by atoms with Gasteiger partial charge in [0.2, 0.25) is 5.91 Å². The van der Waals surface area contributed by atoms with E-state index in [1.165, 1.54) is 0 Å². The number of halogens is 1. The number of hydrogen-bond donors (Lipinski definition) is 3. The van der Waals surface area contributed by atoms with E-state index in [1.807, 2.05) is 0 Å². The van der Waals surface area contributed by atoms with Crippen LogP contribution in [0.1, 0.15) is 12.5 Å². The van der Waals surface area contributed by atoms with Crippen molar-refractivity contribution < 1.29 is 4.79 Å². The van der Waals surface area contributed by atoms with Crippen LogP contribution in [0.15, 0.2) is 18.2 Å². The Hall–Kier alpha value is -1.33. The second kappa shape index (κ2) is 5.14. The molecule has 0 aliphatic rings. The Bertz CT molecular complexity index is 436. The monoisotopic (exact) mass is 257 g/mol. The summed E-state index contributed by atoms with van der Waals surface area (Å²) in [5, 5.41) is 3.43. The van der Waals surface area contributed by atoms with Gasteiger partial charge in [-0.1, -0.05) is 23.8 Å². The highest BCUT2D eigenvalue weighted by molar-refractivity contribution is 7.80. The number of thiocarbonyl (C=S) groups is 1. The molecule has 0 heterocycles. The lowest BCUT2D eigenvalue weighted by Gasteiger charge is -2.15. The SMILES string of the molecule is CC(Nc1cc(Cl)ccc1C(N)=S)C(N)=O. The zero-order chi connectivity index (χ0) is 12.3. The van der Waals surface area contributed by atoms with Crippen LogP contribution >= 0.6 is 23.8 Å². The van der Waals surface area contributed by atoms with Crippen LogP contribution in [0, 0.1) is 0 Å². The Morgan fingerprint density at radius 2 is 2.12 bits per heavy atom. The number of nitrogens with one attached hydrogen (secondary N) is 1. The summed E-state index contributed by atoms with van der Waals surface area (Å²) >= 11 is 10.7. The molecule has 0 aliphatic carbocycles. The van der Waals surface area contributed by atoms with Gasteiger partial charge in [-0.2, -0.15) is 0 Å². The number of anilines is 1. The lowest BCUT2D eigenvalue weighted by Crippen LogP contribution is -2.33. The van der Waals surface area contributed by atoms with Crippen LogP contribution in [0.2, 0.25) is 5.02 Å². The average molecular weight is 258 g/mol. The topological polar surface area (TPSA) is 81.1 Å². The summed E-state index contributed by atoms with van der Waals surface area (Å²) in [5.74, 6) is -0.464. The second-order valence-corrected chi connectivity index (χ2v) is 4.20. The predicted octanol–water partition coefficient (Wildman–Crippen LogP) is 1.26. The molecule has 0 saturated carbocycles. The van der Waals surface area contributed by atoms with Crippen molar-refractivity contribution in [3.8, 4) is 0 Å². The van der Waals surface area contributed by atoms with Crippen molar-refractivity contribution in [2.45, 2.75) is 13.0 Å². The Kier molecular flexibility index (Phi) is 4.09. The van der Waals surface area contributed by atoms with Crippen LogP contribution < -0.4 is 16.8 Å². The summed E-state index contributed by atoms with van der Waals surface area (Å²) in [5.41, 5.74) is 11.9. The lowest BCUT2D eigenvalue weighted by atomic mass is 10.1. The normalized spacial score (nSPS) is 11.9. The van der Waals surface area contributed by atoms with Gasteiger partial charge in [-0.3, -0.25) is 4.79 Å². The number of benzene rings is 1. The molecule has 0 radical (unpaired) electrons. The van der Waals surface area contributed by atoms with Crippen LogP contribution in [-0.4, -0.2) is 16.9 Å². The maximum absolute atomic E-state index is 10.9. The van der Waals surface area contributed by atoms with E-state index in [0.717, 1.165) is 0 Å². The predicted molar refractivity (Wildman–Crippen MR) is 69.6 cm³/mol. The van der Waals surface area contributed by atoms with Gasteiger partial charge in [-0.15, -0.1) is 0 Å². The largest absolute Gasteiger partial charge is 0.389 e. The molecule has 1 atom stereocenters. The number of nitrogens with two attached hydrogens (primary N) is 2. The van der Waals surface area contributed by atoms with E-state index in [0.29, 0.717) is 16.3 Å². The van der Waals surface area contributed by atoms with E-state index >= 15 is 0 Å². The van der Waals surface area contributed by atoms with E-state index in [4.69, 9.17) is 35.3 Å². The van der Waals surface area contributed by atoms with E-state index in [-0.39, 0.29) is 4.99 Å². The molecule has 0 spiro atoms. The molecule has 6 heteroatoms. The highest BCUT2D eigenvalue weighted by atomic mass is 35.5. The van der Waals surface area contributed by atoms with Crippen molar-refractivity contribution in [3.63, 3.8) is 0 Å². The van der Waals surface area contributed by atoms with Crippen LogP contribution in [0.25, 0.3) is 0 Å². The number of hydrogen-bond acceptors (Lipinski definition) is 3. The molecule has 1 aromatic carbocycles. The summed E-state index contributed by atoms with van der Waals surface area (Å²) < 4.78 is 0. The smallest absolute Gasteiger partial charge is 0.239 e. The van der Waals surface area contributed by atoms with E-state index in [1.54, 1.807) is 25.1 Å². The third-order valence-electron chi connectivity index (χ3n) is 2.05. The number of primary amides is 1. The molecule has 0 aromatic heterocycles. The van der Waals surface area contributed by atoms with Gasteiger partial charge in [0.05, 0.1) is 0 Å². The Labute approximate surface area is 104 Å². The summed E-state index contributed by atoms with van der Waals surface area (Å²) in [6, 6.07) is 4.50. The van der Waals surface area contributed by atoms with Gasteiger partial charge in [0.15, 0.2) is 0 Å². The first-order chi connectivity index (χ1) is 7.41. The third-order valence-corrected chi connectivity index (χ3v) is 2.50. The number of carbonyl (C=O) groups is 1. The molecule has 0 aliphatic heterocycles. The van der Waals surface area contributed by atoms with Gasteiger partial charge < -0.3 is 16.8 Å². The minimum absolute atomic E-state index is 0.232. The zero-order valence-electron chi connectivity index (χ0n) is 8.66. The fraction of sp³-hybridized carbons (Fsp3) is 0.200. The molecule has 16 heavy (non-hydrogen) atoms. The first kappa shape index (κ1) is 12.7. The van der Waals surface area contributed by atoms with Crippen molar-refractivity contribution in [2.75, 3.05) is 5.32 Å². The van der Waals surface area contributed by atoms with Crippen LogP contribution in [-0.2, 0) is 4.79 Å². The lowest BCUT2D eigenvalue weighted by molar-refractivity contribution is -0.118. The van der Waals surface area contributed by atoms with Gasteiger partial charge in [0.25, 0.3) is 0 Å². The first-order valence-electron chi connectivity index (χ1n) is 4.57. The van der Waals surface area contributed by atoms with Crippen molar-refractivity contribution >= 4 is 40.4 Å². The van der Waals surface area contributed by atoms with Crippen LogP contribution in [0.4, 0.5) is 5.69 Å². The molecule has 86 valence electrons. The molecular weight excluding hydrogens is 246 g/mol. The van der Waals surface area contributed by atoms with Gasteiger partial charge in [0.1, 0.15) is 11.0 Å². The minimum atomic E-state index is -0.522. The Balaban J connectivity index is 3.05. The zero-order valence-corrected chi connectivity index (χ0v) is 10.2. The van der Waals surface area contributed by atoms with Gasteiger partial charge in [-0.05, 0) is 25.1 Å². The highest BCUT2D eigenvalue weighted by Gasteiger charge is 2.12. The molecule has 5 N–H and O–H groups in total. The summed E-state index contributed by atoms with van der Waals surface area (Å²) in [6.45, 7) is 1.65. The molecule has 0 bridgehead atoms. The van der Waals surface area contributed by atoms with Crippen molar-refractivity contribution in [1.29, 1.82) is 0 Å². The second-order valence-electron chi connectivity index (χ2n) is 3.32. The van der Waals surface area contributed by atoms with Gasteiger partial charge >= 0.3 is 0 Å². The maximum Gasteiger partial charge on any atom is 0.239 e. The average Bonchev–Trinajstić information content (AvgIpc) is 2.16. The van der Waals surface area contributed by atoms with Crippen LogP contribution in [0.5, 0.6) is 0 Å². The molecular formula is C10H12ClN3OS. The number of amides is 1. The molecule has 4 nitrogen and oxygen atoms in total. The number of carbonyl (C=O) groups excluding carboxylic acids is 1. The van der Waals surface area contributed by atoms with Crippen LogP contribution in [0.3, 0.4) is 0 Å². The molecule has 1 unspecified atom stereocenters. The Morgan fingerprint density at radius 1 is 1.50 bits per heavy atom. The summed E-state index contributed by atoms with van der Waals surface area (Å²) in [6.07, 6.45) is 0. The summed E-state index contributed by atoms with van der Waals surface area (Å²) in [4.78, 5) is 11.2. The van der Waals surface area contributed by atoms with Crippen molar-refractivity contribution in [1.82, 2.24) is 0 Å². The summed E-state index contributed by atoms with van der Waals surface area (Å²) in [7, 11) is 0. The molecule has 1 rings (SSSR count). The fourth-order valence-corrected chi connectivity index (χ4v) is 1.51. The fourth-order valence-electron chi connectivity index (χ4n) is 1.16. The van der Waals surface area contributed by atoms with E-state index < -0.39 is 11.9 Å². The van der Waals surface area contributed by atoms with Gasteiger partial charge in [-0.25, -0.2) is 0 Å². The van der Waals surface area contributed by atoms with E-state index in [9.17, 15) is 4.79 Å². The van der Waals surface area contributed by atoms with Crippen molar-refractivity contribution in [3.05, 3.63) is 28.8 Å².